The van der Waals surface area contributed by atoms with Gasteiger partial charge in [0.05, 0.1) is 0 Å². The first kappa shape index (κ1) is 14.1. The molecule has 2 aromatic rings. The van der Waals surface area contributed by atoms with Gasteiger partial charge in [0, 0.05) is 36.6 Å². The molecule has 0 radical (unpaired) electrons. The molecule has 1 unspecified atom stereocenters. The fourth-order valence-corrected chi connectivity index (χ4v) is 3.07. The van der Waals surface area contributed by atoms with Gasteiger partial charge in [0.2, 0.25) is 0 Å². The molecule has 0 bridgehead atoms. The first-order chi connectivity index (χ1) is 9.11. The summed E-state index contributed by atoms with van der Waals surface area (Å²) in [5.41, 5.74) is 9.48. The van der Waals surface area contributed by atoms with E-state index in [1.807, 2.05) is 11.3 Å². The summed E-state index contributed by atoms with van der Waals surface area (Å²) >= 11 is 1.83. The van der Waals surface area contributed by atoms with Crippen molar-refractivity contribution in [3.63, 3.8) is 0 Å². The Morgan fingerprint density at radius 3 is 2.68 bits per heavy atom. The van der Waals surface area contributed by atoms with Gasteiger partial charge < -0.3 is 10.6 Å². The van der Waals surface area contributed by atoms with E-state index < -0.39 is 0 Å². The Morgan fingerprint density at radius 2 is 2.11 bits per heavy atom. The molecule has 2 N–H and O–H groups in total. The van der Waals surface area contributed by atoms with Crippen molar-refractivity contribution in [1.82, 2.24) is 0 Å². The third kappa shape index (κ3) is 3.37. The van der Waals surface area contributed by atoms with Crippen molar-refractivity contribution in [3.8, 4) is 0 Å². The van der Waals surface area contributed by atoms with Crippen LogP contribution in [0.3, 0.4) is 0 Å². The van der Waals surface area contributed by atoms with E-state index in [4.69, 9.17) is 5.73 Å². The molecule has 0 aliphatic carbocycles. The molecule has 2 nitrogen and oxygen atoms in total. The van der Waals surface area contributed by atoms with Crippen LogP contribution < -0.4 is 10.6 Å². The van der Waals surface area contributed by atoms with Gasteiger partial charge in [-0.25, -0.2) is 0 Å². The van der Waals surface area contributed by atoms with Crippen LogP contribution in [0.4, 0.5) is 5.69 Å². The van der Waals surface area contributed by atoms with Crippen LogP contribution in [0.1, 0.15) is 22.9 Å². The third-order valence-corrected chi connectivity index (χ3v) is 4.59. The lowest BCUT2D eigenvalue weighted by atomic mass is 10.1. The van der Waals surface area contributed by atoms with E-state index >= 15 is 0 Å². The number of likely N-dealkylation sites (N-methyl/N-ethyl adjacent to an activating group) is 1. The number of rotatable bonds is 5. The SMILES string of the molecule is Cc1cc(N(C)C(C)Cc2cccs2)ccc1CN. The number of hydrogen-bond acceptors (Lipinski definition) is 3. The zero-order valence-corrected chi connectivity index (χ0v) is 12.7. The van der Waals surface area contributed by atoms with Crippen molar-refractivity contribution >= 4 is 17.0 Å². The van der Waals surface area contributed by atoms with Crippen LogP contribution in [0.5, 0.6) is 0 Å². The minimum atomic E-state index is 0.488. The smallest absolute Gasteiger partial charge is 0.0368 e. The summed E-state index contributed by atoms with van der Waals surface area (Å²) in [5.74, 6) is 0. The standard InChI is InChI=1S/C16H22N2S/c1-12-9-15(7-6-14(12)11-17)18(3)13(2)10-16-5-4-8-19-16/h4-9,13H,10-11,17H2,1-3H3. The fourth-order valence-electron chi connectivity index (χ4n) is 2.24. The van der Waals surface area contributed by atoms with Crippen molar-refractivity contribution in [2.24, 2.45) is 5.73 Å². The highest BCUT2D eigenvalue weighted by Crippen LogP contribution is 2.22. The molecule has 0 fully saturated rings. The topological polar surface area (TPSA) is 29.3 Å². The number of benzene rings is 1. The first-order valence-corrected chi connectivity index (χ1v) is 7.54. The van der Waals surface area contributed by atoms with Crippen LogP contribution in [0.2, 0.25) is 0 Å². The zero-order valence-electron chi connectivity index (χ0n) is 11.9. The molecule has 0 aliphatic rings. The second-order valence-electron chi connectivity index (χ2n) is 5.06. The van der Waals surface area contributed by atoms with Crippen molar-refractivity contribution in [1.29, 1.82) is 0 Å². The largest absolute Gasteiger partial charge is 0.372 e. The summed E-state index contributed by atoms with van der Waals surface area (Å²) in [6.07, 6.45) is 1.09. The highest BCUT2D eigenvalue weighted by Gasteiger charge is 2.12. The van der Waals surface area contributed by atoms with E-state index in [2.05, 4.69) is 61.5 Å². The van der Waals surface area contributed by atoms with Crippen LogP contribution in [0.25, 0.3) is 0 Å². The predicted molar refractivity (Wildman–Crippen MR) is 85.0 cm³/mol. The highest BCUT2D eigenvalue weighted by molar-refractivity contribution is 7.09. The second-order valence-corrected chi connectivity index (χ2v) is 6.09. The molecule has 0 amide bonds. The van der Waals surface area contributed by atoms with Gasteiger partial charge in [-0.1, -0.05) is 12.1 Å². The van der Waals surface area contributed by atoms with Gasteiger partial charge in [-0.2, -0.15) is 0 Å². The molecule has 0 aliphatic heterocycles. The number of nitrogens with zero attached hydrogens (tertiary/aromatic N) is 1. The summed E-state index contributed by atoms with van der Waals surface area (Å²) in [6.45, 7) is 5.01. The molecule has 3 heteroatoms. The molecule has 1 aromatic heterocycles. The van der Waals surface area contributed by atoms with E-state index in [0.29, 0.717) is 12.6 Å². The van der Waals surface area contributed by atoms with Gasteiger partial charge >= 0.3 is 0 Å². The Hall–Kier alpha value is -1.32. The lowest BCUT2D eigenvalue weighted by Crippen LogP contribution is -2.30. The Balaban J connectivity index is 2.10. The van der Waals surface area contributed by atoms with Crippen LogP contribution in [0.15, 0.2) is 35.7 Å². The molecular weight excluding hydrogens is 252 g/mol. The van der Waals surface area contributed by atoms with Crippen LogP contribution >= 0.6 is 11.3 Å². The lowest BCUT2D eigenvalue weighted by molar-refractivity contribution is 0.688. The monoisotopic (exact) mass is 274 g/mol. The minimum absolute atomic E-state index is 0.488. The number of nitrogens with two attached hydrogens (primary N) is 1. The summed E-state index contributed by atoms with van der Waals surface area (Å²) in [5, 5.41) is 2.14. The van der Waals surface area contributed by atoms with Gasteiger partial charge in [0.15, 0.2) is 0 Å². The van der Waals surface area contributed by atoms with Gasteiger partial charge in [-0.15, -0.1) is 11.3 Å². The van der Waals surface area contributed by atoms with E-state index in [0.717, 1.165) is 6.42 Å². The van der Waals surface area contributed by atoms with Crippen molar-refractivity contribution in [3.05, 3.63) is 51.7 Å². The second kappa shape index (κ2) is 6.22. The first-order valence-electron chi connectivity index (χ1n) is 6.66. The van der Waals surface area contributed by atoms with Crippen molar-refractivity contribution in [2.75, 3.05) is 11.9 Å². The van der Waals surface area contributed by atoms with Gasteiger partial charge in [0.25, 0.3) is 0 Å². The van der Waals surface area contributed by atoms with Crippen LogP contribution in [-0.4, -0.2) is 13.1 Å². The van der Waals surface area contributed by atoms with E-state index in [-0.39, 0.29) is 0 Å². The number of aryl methyl sites for hydroxylation is 1. The molecule has 0 spiro atoms. The molecule has 1 atom stereocenters. The normalized spacial score (nSPS) is 12.4. The van der Waals surface area contributed by atoms with E-state index in [1.165, 1.54) is 21.7 Å². The quantitative estimate of drug-likeness (QED) is 0.903. The maximum atomic E-state index is 5.71. The van der Waals surface area contributed by atoms with Gasteiger partial charge in [-0.05, 0) is 48.6 Å². The average Bonchev–Trinajstić information content (AvgIpc) is 2.90. The van der Waals surface area contributed by atoms with Crippen LogP contribution in [0, 0.1) is 6.92 Å². The van der Waals surface area contributed by atoms with E-state index in [9.17, 15) is 0 Å². The van der Waals surface area contributed by atoms with Gasteiger partial charge in [-0.3, -0.25) is 0 Å². The number of hydrogen-bond donors (Lipinski definition) is 1. The molecule has 1 aromatic carbocycles. The molecule has 1 heterocycles. The molecule has 2 rings (SSSR count). The maximum Gasteiger partial charge on any atom is 0.0368 e. The Morgan fingerprint density at radius 1 is 1.32 bits per heavy atom. The summed E-state index contributed by atoms with van der Waals surface area (Å²) < 4.78 is 0. The Kier molecular flexibility index (Phi) is 4.61. The predicted octanol–water partition coefficient (Wildman–Crippen LogP) is 3.58. The van der Waals surface area contributed by atoms with Crippen molar-refractivity contribution < 1.29 is 0 Å². The Labute approximate surface area is 119 Å². The lowest BCUT2D eigenvalue weighted by Gasteiger charge is -2.27. The average molecular weight is 274 g/mol. The fraction of sp³-hybridized carbons (Fsp3) is 0.375. The maximum absolute atomic E-state index is 5.71. The molecular formula is C16H22N2S. The van der Waals surface area contributed by atoms with E-state index in [1.54, 1.807) is 0 Å². The number of thiophene rings is 1. The number of anilines is 1. The Bertz CT molecular complexity index is 520. The molecule has 0 saturated heterocycles. The summed E-state index contributed by atoms with van der Waals surface area (Å²) in [6, 6.07) is 11.3. The molecule has 19 heavy (non-hydrogen) atoms. The summed E-state index contributed by atoms with van der Waals surface area (Å²) in [7, 11) is 2.16. The minimum Gasteiger partial charge on any atom is -0.372 e. The third-order valence-electron chi connectivity index (χ3n) is 3.69. The molecule has 0 saturated carbocycles. The molecule has 102 valence electrons. The van der Waals surface area contributed by atoms with Crippen LogP contribution in [-0.2, 0) is 13.0 Å². The van der Waals surface area contributed by atoms with Crippen molar-refractivity contribution in [2.45, 2.75) is 32.9 Å². The highest BCUT2D eigenvalue weighted by atomic mass is 32.1. The summed E-state index contributed by atoms with van der Waals surface area (Å²) in [4.78, 5) is 3.78. The van der Waals surface area contributed by atoms with Gasteiger partial charge in [0.1, 0.15) is 0 Å². The zero-order chi connectivity index (χ0) is 13.8.